The van der Waals surface area contributed by atoms with Crippen LogP contribution in [0.4, 0.5) is 0 Å². The topological polar surface area (TPSA) is 189 Å². The van der Waals surface area contributed by atoms with E-state index in [1.807, 2.05) is 48.6 Å². The summed E-state index contributed by atoms with van der Waals surface area (Å²) in [6, 6.07) is -1.55. The van der Waals surface area contributed by atoms with Gasteiger partial charge in [-0.25, -0.2) is 4.57 Å². The largest absolute Gasteiger partial charge is 0.480 e. The van der Waals surface area contributed by atoms with Crippen LogP contribution in [0.25, 0.3) is 0 Å². The van der Waals surface area contributed by atoms with Crippen molar-refractivity contribution in [2.45, 2.75) is 148 Å². The van der Waals surface area contributed by atoms with Crippen molar-refractivity contribution in [3.63, 3.8) is 0 Å². The second kappa shape index (κ2) is 39.5. The van der Waals surface area contributed by atoms with Crippen LogP contribution in [0.2, 0.25) is 0 Å². The van der Waals surface area contributed by atoms with Crippen LogP contribution in [0.3, 0.4) is 0 Å². The average molecular weight is 846 g/mol. The quantitative estimate of drug-likeness (QED) is 0.0133. The summed E-state index contributed by atoms with van der Waals surface area (Å²) in [5.41, 5.74) is 5.32. The van der Waals surface area contributed by atoms with E-state index in [0.717, 1.165) is 57.8 Å². The molecule has 0 aliphatic carbocycles. The molecule has 0 saturated heterocycles. The van der Waals surface area contributed by atoms with Crippen LogP contribution in [-0.2, 0) is 42.3 Å². The lowest BCUT2D eigenvalue weighted by molar-refractivity contribution is -0.161. The number of carboxylic acid groups (broad SMARTS) is 1. The molecule has 13 heteroatoms. The first-order valence-corrected chi connectivity index (χ1v) is 22.7. The van der Waals surface area contributed by atoms with E-state index in [1.54, 1.807) is 12.2 Å². The predicted octanol–water partition coefficient (Wildman–Crippen LogP) is 10.5. The minimum Gasteiger partial charge on any atom is -0.480 e. The molecule has 0 rings (SSSR count). The summed E-state index contributed by atoms with van der Waals surface area (Å²) in [5, 5.41) is 8.88. The number of carboxylic acids is 1. The van der Waals surface area contributed by atoms with Crippen molar-refractivity contribution in [2.24, 2.45) is 5.73 Å². The lowest BCUT2D eigenvalue weighted by Gasteiger charge is -2.20. The van der Waals surface area contributed by atoms with Gasteiger partial charge in [0.1, 0.15) is 12.6 Å². The average Bonchev–Trinajstić information content (AvgIpc) is 3.20. The van der Waals surface area contributed by atoms with Crippen LogP contribution in [0.5, 0.6) is 0 Å². The number of hydrogen-bond donors (Lipinski definition) is 3. The zero-order valence-electron chi connectivity index (χ0n) is 35.5. The van der Waals surface area contributed by atoms with Gasteiger partial charge in [-0.2, -0.15) is 0 Å². The molecular formula is C46H72NO11P. The van der Waals surface area contributed by atoms with E-state index in [4.69, 9.17) is 24.8 Å². The number of phosphoric ester groups is 1. The normalized spacial score (nSPS) is 14.6. The molecule has 0 saturated carbocycles. The minimum atomic E-state index is -4.76. The Morgan fingerprint density at radius 2 is 1.05 bits per heavy atom. The monoisotopic (exact) mass is 845 g/mol. The molecule has 332 valence electrons. The summed E-state index contributed by atoms with van der Waals surface area (Å²) in [5.74, 6) is -2.43. The van der Waals surface area contributed by atoms with Gasteiger partial charge in [-0.05, 0) is 83.1 Å². The molecule has 1 unspecified atom stereocenters. The SMILES string of the molecule is CCCCC/C=C\C/C=C\C/C=C\C/C=C\CCCC(=O)O[C@H](COC(=O)CCC/C=C\C/C=C\C/C=C\C=C\C(=O)CCCCC)COP(=O)(O)OC[C@H](N)C(=O)O. The number of ketones is 1. The highest BCUT2D eigenvalue weighted by Crippen LogP contribution is 2.43. The summed E-state index contributed by atoms with van der Waals surface area (Å²) in [7, 11) is -4.76. The Bertz CT molecular complexity index is 1430. The van der Waals surface area contributed by atoms with Gasteiger partial charge in [0.15, 0.2) is 11.9 Å². The number of carbonyl (C=O) groups excluding carboxylic acids is 3. The molecule has 0 radical (unpaired) electrons. The van der Waals surface area contributed by atoms with Crippen LogP contribution < -0.4 is 5.73 Å². The van der Waals surface area contributed by atoms with E-state index in [2.05, 4.69) is 54.8 Å². The molecule has 12 nitrogen and oxygen atoms in total. The molecule has 0 aromatic rings. The molecule has 0 spiro atoms. The molecule has 0 fully saturated rings. The summed E-state index contributed by atoms with van der Waals surface area (Å²) in [6.07, 6.45) is 46.1. The van der Waals surface area contributed by atoms with E-state index >= 15 is 0 Å². The number of unbranched alkanes of at least 4 members (excludes halogenated alkanes) is 7. The fourth-order valence-corrected chi connectivity index (χ4v) is 5.66. The molecular weight excluding hydrogens is 773 g/mol. The van der Waals surface area contributed by atoms with E-state index in [0.29, 0.717) is 32.1 Å². The molecule has 0 aliphatic heterocycles. The first kappa shape index (κ1) is 55.1. The zero-order valence-corrected chi connectivity index (χ0v) is 36.4. The smallest absolute Gasteiger partial charge is 0.472 e. The first-order valence-electron chi connectivity index (χ1n) is 21.2. The van der Waals surface area contributed by atoms with Crippen molar-refractivity contribution in [1.82, 2.24) is 0 Å². The number of nitrogens with two attached hydrogens (primary N) is 1. The molecule has 0 bridgehead atoms. The van der Waals surface area contributed by atoms with Gasteiger partial charge in [0.2, 0.25) is 0 Å². The number of esters is 2. The molecule has 59 heavy (non-hydrogen) atoms. The Kier molecular flexibility index (Phi) is 36.9. The van der Waals surface area contributed by atoms with Gasteiger partial charge in [0.25, 0.3) is 0 Å². The van der Waals surface area contributed by atoms with Gasteiger partial charge in [0.05, 0.1) is 13.2 Å². The summed E-state index contributed by atoms with van der Waals surface area (Å²) >= 11 is 0. The third-order valence-electron chi connectivity index (χ3n) is 8.28. The van der Waals surface area contributed by atoms with Gasteiger partial charge < -0.3 is 25.2 Å². The molecule has 0 amide bonds. The van der Waals surface area contributed by atoms with E-state index in [-0.39, 0.29) is 18.6 Å². The van der Waals surface area contributed by atoms with E-state index in [1.165, 1.54) is 19.3 Å². The van der Waals surface area contributed by atoms with Gasteiger partial charge in [0, 0.05) is 19.3 Å². The fourth-order valence-electron chi connectivity index (χ4n) is 4.89. The molecule has 0 aliphatic rings. The van der Waals surface area contributed by atoms with E-state index < -0.39 is 57.7 Å². The standard InChI is InChI=1S/C46H72NO11P/c1-3-5-7-8-9-10-11-12-13-14-15-16-19-23-26-29-33-37-45(50)58-42(39-56-59(53,54)57-40-43(47)46(51)52)38-55-44(49)36-32-28-25-22-20-17-18-21-24-27-31-35-41(48)34-30-6-4-2/h9-10,12-13,15-18,22-27,31,35,42-43H,3-8,11,14,19-21,28-30,32-34,36-40,47H2,1-2H3,(H,51,52)(H,53,54)/b10-9-,13-12-,16-15-,18-17-,25-22-,26-23-,27-24-,35-31+/t42-,43+/m1/s1. The lowest BCUT2D eigenvalue weighted by atomic mass is 10.1. The minimum absolute atomic E-state index is 0.0558. The molecule has 0 aromatic heterocycles. The summed E-state index contributed by atoms with van der Waals surface area (Å²) in [4.78, 5) is 57.6. The fraction of sp³-hybridized carbons (Fsp3) is 0.565. The Morgan fingerprint density at radius 3 is 1.59 bits per heavy atom. The molecule has 3 atom stereocenters. The zero-order chi connectivity index (χ0) is 43.7. The van der Waals surface area contributed by atoms with Crippen molar-refractivity contribution in [3.05, 3.63) is 97.2 Å². The summed E-state index contributed by atoms with van der Waals surface area (Å²) in [6.45, 7) is 2.46. The van der Waals surface area contributed by atoms with Crippen LogP contribution in [0.15, 0.2) is 97.2 Å². The van der Waals surface area contributed by atoms with Crippen LogP contribution in [0, 0.1) is 0 Å². The number of rotatable bonds is 38. The Morgan fingerprint density at radius 1 is 0.576 bits per heavy atom. The van der Waals surface area contributed by atoms with Crippen molar-refractivity contribution >= 4 is 31.5 Å². The Balaban J connectivity index is 4.63. The lowest BCUT2D eigenvalue weighted by Crippen LogP contribution is -2.34. The van der Waals surface area contributed by atoms with Gasteiger partial charge in [-0.1, -0.05) is 131 Å². The van der Waals surface area contributed by atoms with Crippen molar-refractivity contribution in [3.8, 4) is 0 Å². The second-order valence-corrected chi connectivity index (χ2v) is 15.3. The predicted molar refractivity (Wildman–Crippen MR) is 235 cm³/mol. The highest BCUT2D eigenvalue weighted by Gasteiger charge is 2.28. The van der Waals surface area contributed by atoms with Gasteiger partial charge in [-0.15, -0.1) is 0 Å². The molecule has 4 N–H and O–H groups in total. The number of allylic oxidation sites excluding steroid dienone is 16. The number of aliphatic carboxylic acids is 1. The van der Waals surface area contributed by atoms with Crippen LogP contribution in [0.1, 0.15) is 136 Å². The highest BCUT2D eigenvalue weighted by atomic mass is 31.2. The van der Waals surface area contributed by atoms with Crippen LogP contribution in [-0.4, -0.2) is 65.7 Å². The molecule has 0 aromatic carbocycles. The Labute approximate surface area is 353 Å². The highest BCUT2D eigenvalue weighted by molar-refractivity contribution is 7.47. The number of hydrogen-bond acceptors (Lipinski definition) is 10. The molecule has 0 heterocycles. The van der Waals surface area contributed by atoms with Crippen molar-refractivity contribution < 1.29 is 52.3 Å². The van der Waals surface area contributed by atoms with Crippen LogP contribution >= 0.6 is 7.82 Å². The van der Waals surface area contributed by atoms with E-state index in [9.17, 15) is 28.6 Å². The number of ether oxygens (including phenoxy) is 2. The number of carbonyl (C=O) groups is 4. The Hall–Kier alpha value is -3.93. The third-order valence-corrected chi connectivity index (χ3v) is 9.23. The van der Waals surface area contributed by atoms with Crippen molar-refractivity contribution in [2.75, 3.05) is 19.8 Å². The second-order valence-electron chi connectivity index (χ2n) is 13.8. The maximum atomic E-state index is 12.6. The maximum absolute atomic E-state index is 12.6. The van der Waals surface area contributed by atoms with Gasteiger partial charge in [-0.3, -0.25) is 28.2 Å². The van der Waals surface area contributed by atoms with Gasteiger partial charge >= 0.3 is 25.7 Å². The maximum Gasteiger partial charge on any atom is 0.472 e. The summed E-state index contributed by atoms with van der Waals surface area (Å²) < 4.78 is 32.5. The third kappa shape index (κ3) is 39.3. The first-order chi connectivity index (χ1) is 28.5. The van der Waals surface area contributed by atoms with Crippen molar-refractivity contribution in [1.29, 1.82) is 0 Å². The number of phosphoric acid groups is 1.